The Bertz CT molecular complexity index is 1140. The lowest BCUT2D eigenvalue weighted by molar-refractivity contribution is 0.654. The van der Waals surface area contributed by atoms with Crippen LogP contribution in [0, 0.1) is 6.92 Å². The number of rotatable bonds is 6. The number of aromatic amines is 1. The van der Waals surface area contributed by atoms with E-state index in [2.05, 4.69) is 27.3 Å². The molecule has 0 spiro atoms. The number of H-pyrrole nitrogens is 1. The van der Waals surface area contributed by atoms with Crippen molar-refractivity contribution in [1.29, 1.82) is 0 Å². The van der Waals surface area contributed by atoms with Crippen LogP contribution in [0.1, 0.15) is 23.4 Å². The number of aryl methyl sites for hydroxylation is 4. The Balaban J connectivity index is 1.81. The van der Waals surface area contributed by atoms with Crippen molar-refractivity contribution in [3.05, 3.63) is 69.9 Å². The van der Waals surface area contributed by atoms with Crippen molar-refractivity contribution in [3.8, 4) is 0 Å². The molecule has 0 fully saturated rings. The first kappa shape index (κ1) is 17.4. The Labute approximate surface area is 157 Å². The van der Waals surface area contributed by atoms with Gasteiger partial charge in [-0.3, -0.25) is 14.9 Å². The normalized spacial score (nSPS) is 11.5. The van der Waals surface area contributed by atoms with Gasteiger partial charge in [-0.05, 0) is 62.6 Å². The monoisotopic (exact) mass is 361 g/mol. The smallest absolute Gasteiger partial charge is 0.262 e. The molecular formula is C21H23N5O. The van der Waals surface area contributed by atoms with Crippen LogP contribution in [0.4, 0.5) is 0 Å². The summed E-state index contributed by atoms with van der Waals surface area (Å²) in [6, 6.07) is 12.3. The molecule has 0 radical (unpaired) electrons. The van der Waals surface area contributed by atoms with Gasteiger partial charge in [0.1, 0.15) is 5.52 Å². The molecule has 27 heavy (non-hydrogen) atoms. The fourth-order valence-electron chi connectivity index (χ4n) is 3.58. The highest BCUT2D eigenvalue weighted by molar-refractivity contribution is 6.04. The predicted molar refractivity (Wildman–Crippen MR) is 108 cm³/mol. The minimum absolute atomic E-state index is 0.00145. The lowest BCUT2D eigenvalue weighted by Gasteiger charge is -2.12. The van der Waals surface area contributed by atoms with E-state index in [4.69, 9.17) is 5.73 Å². The second kappa shape index (κ2) is 7.32. The number of hydrogen-bond acceptors (Lipinski definition) is 4. The molecule has 0 aliphatic carbocycles. The van der Waals surface area contributed by atoms with E-state index in [0.29, 0.717) is 18.5 Å². The van der Waals surface area contributed by atoms with Crippen LogP contribution in [0.15, 0.2) is 47.4 Å². The first-order valence-corrected chi connectivity index (χ1v) is 9.29. The van der Waals surface area contributed by atoms with E-state index >= 15 is 0 Å². The largest absolute Gasteiger partial charge is 0.330 e. The SMILES string of the molecule is Cc1[nH]nc2c1c(=O)n(CCCN)c1ccc(CCc3ccccn3)cc21. The molecule has 6 nitrogen and oxygen atoms in total. The highest BCUT2D eigenvalue weighted by atomic mass is 16.1. The molecule has 3 heterocycles. The van der Waals surface area contributed by atoms with Gasteiger partial charge in [0.15, 0.2) is 0 Å². The topological polar surface area (TPSA) is 89.6 Å². The van der Waals surface area contributed by atoms with Gasteiger partial charge in [0, 0.05) is 29.5 Å². The lowest BCUT2D eigenvalue weighted by atomic mass is 10.0. The van der Waals surface area contributed by atoms with Gasteiger partial charge in [-0.25, -0.2) is 0 Å². The Morgan fingerprint density at radius 3 is 2.85 bits per heavy atom. The van der Waals surface area contributed by atoms with Gasteiger partial charge in [0.2, 0.25) is 0 Å². The van der Waals surface area contributed by atoms with Crippen molar-refractivity contribution in [2.24, 2.45) is 5.73 Å². The summed E-state index contributed by atoms with van der Waals surface area (Å²) in [5.74, 6) is 0. The minimum atomic E-state index is -0.00145. The number of fused-ring (bicyclic) bond motifs is 3. The quantitative estimate of drug-likeness (QED) is 0.552. The van der Waals surface area contributed by atoms with Crippen LogP contribution in [0.3, 0.4) is 0 Å². The highest BCUT2D eigenvalue weighted by Crippen LogP contribution is 2.24. The third-order valence-electron chi connectivity index (χ3n) is 4.99. The van der Waals surface area contributed by atoms with Crippen LogP contribution >= 0.6 is 0 Å². The fourth-order valence-corrected chi connectivity index (χ4v) is 3.58. The fraction of sp³-hybridized carbons (Fsp3) is 0.286. The van der Waals surface area contributed by atoms with Crippen LogP contribution in [-0.4, -0.2) is 26.3 Å². The van der Waals surface area contributed by atoms with E-state index in [1.54, 1.807) is 0 Å². The van der Waals surface area contributed by atoms with E-state index in [0.717, 1.165) is 47.1 Å². The Hall–Kier alpha value is -2.99. The van der Waals surface area contributed by atoms with Crippen molar-refractivity contribution in [2.45, 2.75) is 32.7 Å². The van der Waals surface area contributed by atoms with E-state index in [1.807, 2.05) is 42.0 Å². The molecule has 0 saturated heterocycles. The summed E-state index contributed by atoms with van der Waals surface area (Å²) in [6.45, 7) is 3.05. The Morgan fingerprint density at radius 1 is 1.19 bits per heavy atom. The van der Waals surface area contributed by atoms with E-state index < -0.39 is 0 Å². The number of nitrogens with two attached hydrogens (primary N) is 1. The molecule has 0 bridgehead atoms. The van der Waals surface area contributed by atoms with Crippen molar-refractivity contribution in [1.82, 2.24) is 19.7 Å². The average Bonchev–Trinajstić information content (AvgIpc) is 3.09. The zero-order valence-electron chi connectivity index (χ0n) is 15.4. The molecule has 0 aliphatic heterocycles. The molecule has 0 saturated carbocycles. The van der Waals surface area contributed by atoms with E-state index in [1.165, 1.54) is 5.56 Å². The summed E-state index contributed by atoms with van der Waals surface area (Å²) < 4.78 is 1.83. The van der Waals surface area contributed by atoms with Gasteiger partial charge in [-0.2, -0.15) is 5.10 Å². The van der Waals surface area contributed by atoms with Gasteiger partial charge in [-0.15, -0.1) is 0 Å². The zero-order chi connectivity index (χ0) is 18.8. The molecule has 0 aliphatic rings. The molecule has 138 valence electrons. The van der Waals surface area contributed by atoms with Crippen molar-refractivity contribution < 1.29 is 0 Å². The van der Waals surface area contributed by atoms with Gasteiger partial charge in [0.25, 0.3) is 5.56 Å². The average molecular weight is 361 g/mol. The van der Waals surface area contributed by atoms with Crippen molar-refractivity contribution in [2.75, 3.05) is 6.54 Å². The predicted octanol–water partition coefficient (Wildman–Crippen LogP) is 2.72. The Morgan fingerprint density at radius 2 is 2.07 bits per heavy atom. The van der Waals surface area contributed by atoms with Crippen molar-refractivity contribution >= 4 is 21.8 Å². The van der Waals surface area contributed by atoms with Gasteiger partial charge in [0.05, 0.1) is 10.9 Å². The molecule has 0 amide bonds. The maximum atomic E-state index is 13.0. The zero-order valence-corrected chi connectivity index (χ0v) is 15.4. The summed E-state index contributed by atoms with van der Waals surface area (Å²) in [5, 5.41) is 9.06. The molecule has 1 aromatic carbocycles. The summed E-state index contributed by atoms with van der Waals surface area (Å²) in [7, 11) is 0. The van der Waals surface area contributed by atoms with E-state index in [9.17, 15) is 4.79 Å². The molecular weight excluding hydrogens is 338 g/mol. The van der Waals surface area contributed by atoms with Crippen LogP contribution in [-0.2, 0) is 19.4 Å². The van der Waals surface area contributed by atoms with Crippen LogP contribution in [0.2, 0.25) is 0 Å². The molecule has 0 atom stereocenters. The van der Waals surface area contributed by atoms with Crippen LogP contribution < -0.4 is 11.3 Å². The molecule has 6 heteroatoms. The van der Waals surface area contributed by atoms with Gasteiger partial charge in [-0.1, -0.05) is 12.1 Å². The third-order valence-corrected chi connectivity index (χ3v) is 4.99. The number of nitrogens with zero attached hydrogens (tertiary/aromatic N) is 3. The first-order valence-electron chi connectivity index (χ1n) is 9.29. The molecule has 4 aromatic rings. The molecule has 0 unspecified atom stereocenters. The molecule has 4 rings (SSSR count). The van der Waals surface area contributed by atoms with E-state index in [-0.39, 0.29) is 5.56 Å². The summed E-state index contributed by atoms with van der Waals surface area (Å²) in [5.41, 5.74) is 10.4. The highest BCUT2D eigenvalue weighted by Gasteiger charge is 2.15. The summed E-state index contributed by atoms with van der Waals surface area (Å²) >= 11 is 0. The Kier molecular flexibility index (Phi) is 4.73. The maximum Gasteiger partial charge on any atom is 0.262 e. The van der Waals surface area contributed by atoms with Gasteiger partial charge < -0.3 is 10.3 Å². The summed E-state index contributed by atoms with van der Waals surface area (Å²) in [4.78, 5) is 17.4. The second-order valence-electron chi connectivity index (χ2n) is 6.84. The van der Waals surface area contributed by atoms with Crippen LogP contribution in [0.5, 0.6) is 0 Å². The number of pyridine rings is 2. The molecule has 3 aromatic heterocycles. The number of benzene rings is 1. The third kappa shape index (κ3) is 3.24. The lowest BCUT2D eigenvalue weighted by Crippen LogP contribution is -2.22. The van der Waals surface area contributed by atoms with Crippen LogP contribution in [0.25, 0.3) is 21.8 Å². The number of hydrogen-bond donors (Lipinski definition) is 2. The van der Waals surface area contributed by atoms with Crippen molar-refractivity contribution in [3.63, 3.8) is 0 Å². The molecule has 3 N–H and O–H groups in total. The first-order chi connectivity index (χ1) is 13.2. The minimum Gasteiger partial charge on any atom is -0.330 e. The maximum absolute atomic E-state index is 13.0. The number of aromatic nitrogens is 4. The number of nitrogens with one attached hydrogen (secondary N) is 1. The second-order valence-corrected chi connectivity index (χ2v) is 6.84. The van der Waals surface area contributed by atoms with Gasteiger partial charge >= 0.3 is 0 Å². The summed E-state index contributed by atoms with van der Waals surface area (Å²) in [6.07, 6.45) is 4.35. The standard InChI is InChI=1S/C21H23N5O/c1-14-19-20(25-24-14)17-13-15(6-8-16-5-2-3-11-23-16)7-9-18(17)26(21(19)27)12-4-10-22/h2-3,5,7,9,11,13H,4,6,8,10,12,22H2,1H3,(H,24,25).